The molecule has 17 heavy (non-hydrogen) atoms. The highest BCUT2D eigenvalue weighted by Crippen LogP contribution is 2.08. The van der Waals surface area contributed by atoms with E-state index in [9.17, 15) is 0 Å². The summed E-state index contributed by atoms with van der Waals surface area (Å²) < 4.78 is 0. The molecular formula is C13H24N4. The van der Waals surface area contributed by atoms with Gasteiger partial charge in [-0.1, -0.05) is 0 Å². The van der Waals surface area contributed by atoms with E-state index in [2.05, 4.69) is 27.8 Å². The lowest BCUT2D eigenvalue weighted by Gasteiger charge is -2.22. The van der Waals surface area contributed by atoms with E-state index in [1.54, 1.807) is 0 Å². The van der Waals surface area contributed by atoms with E-state index in [1.807, 2.05) is 6.20 Å². The van der Waals surface area contributed by atoms with E-state index < -0.39 is 0 Å². The third-order valence-corrected chi connectivity index (χ3v) is 3.57. The fraction of sp³-hybridized carbons (Fsp3) is 0.769. The summed E-state index contributed by atoms with van der Waals surface area (Å²) in [6.07, 6.45) is 6.97. The van der Waals surface area contributed by atoms with Crippen LogP contribution in [-0.2, 0) is 6.42 Å². The first kappa shape index (κ1) is 12.6. The van der Waals surface area contributed by atoms with Crippen LogP contribution in [0.25, 0.3) is 0 Å². The van der Waals surface area contributed by atoms with E-state index in [-0.39, 0.29) is 0 Å². The van der Waals surface area contributed by atoms with Crippen LogP contribution in [0.1, 0.15) is 30.5 Å². The van der Waals surface area contributed by atoms with Gasteiger partial charge in [-0.15, -0.1) is 0 Å². The maximum absolute atomic E-state index is 4.04. The summed E-state index contributed by atoms with van der Waals surface area (Å²) in [7, 11) is 0. The van der Waals surface area contributed by atoms with Crippen LogP contribution >= 0.6 is 0 Å². The van der Waals surface area contributed by atoms with Crippen molar-refractivity contribution in [3.8, 4) is 0 Å². The van der Waals surface area contributed by atoms with E-state index in [4.69, 9.17) is 0 Å². The Morgan fingerprint density at radius 1 is 1.53 bits per heavy atom. The highest BCUT2D eigenvalue weighted by Gasteiger charge is 2.11. The van der Waals surface area contributed by atoms with Crippen LogP contribution in [0.4, 0.5) is 0 Å². The van der Waals surface area contributed by atoms with Crippen molar-refractivity contribution in [1.82, 2.24) is 20.8 Å². The lowest BCUT2D eigenvalue weighted by molar-refractivity contribution is 0.360. The van der Waals surface area contributed by atoms with Crippen molar-refractivity contribution in [2.75, 3.05) is 26.2 Å². The Morgan fingerprint density at radius 3 is 3.18 bits per heavy atom. The largest absolute Gasteiger partial charge is 0.316 e. The van der Waals surface area contributed by atoms with Gasteiger partial charge in [0.25, 0.3) is 0 Å². The van der Waals surface area contributed by atoms with Crippen molar-refractivity contribution in [1.29, 1.82) is 0 Å². The quantitative estimate of drug-likeness (QED) is 0.651. The second kappa shape index (κ2) is 6.77. The average Bonchev–Trinajstić information content (AvgIpc) is 2.76. The maximum Gasteiger partial charge on any atom is 0.0522 e. The first-order valence-corrected chi connectivity index (χ1v) is 6.76. The Kier molecular flexibility index (Phi) is 5.01. The minimum atomic E-state index is 0.833. The van der Waals surface area contributed by atoms with Crippen molar-refractivity contribution < 1.29 is 0 Å². The number of rotatable bonds is 6. The molecule has 1 aromatic heterocycles. The molecule has 0 bridgehead atoms. The van der Waals surface area contributed by atoms with Gasteiger partial charge in [0.1, 0.15) is 0 Å². The van der Waals surface area contributed by atoms with Gasteiger partial charge in [0, 0.05) is 5.69 Å². The molecule has 0 radical (unpaired) electrons. The van der Waals surface area contributed by atoms with Crippen LogP contribution in [0.15, 0.2) is 6.20 Å². The van der Waals surface area contributed by atoms with Crippen LogP contribution < -0.4 is 10.6 Å². The van der Waals surface area contributed by atoms with Crippen LogP contribution in [0.2, 0.25) is 0 Å². The van der Waals surface area contributed by atoms with Crippen LogP contribution in [0.5, 0.6) is 0 Å². The SMILES string of the molecule is Cc1[nH]ncc1CCCNCC1CCCNC1. The second-order valence-electron chi connectivity index (χ2n) is 5.04. The molecule has 3 N–H and O–H groups in total. The highest BCUT2D eigenvalue weighted by atomic mass is 15.1. The summed E-state index contributed by atoms with van der Waals surface area (Å²) in [6, 6.07) is 0. The molecule has 1 atom stereocenters. The van der Waals surface area contributed by atoms with Gasteiger partial charge in [-0.05, 0) is 70.3 Å². The Balaban J connectivity index is 1.53. The fourth-order valence-electron chi connectivity index (χ4n) is 2.44. The topological polar surface area (TPSA) is 52.7 Å². The number of H-pyrrole nitrogens is 1. The molecule has 1 saturated heterocycles. The molecular weight excluding hydrogens is 212 g/mol. The monoisotopic (exact) mass is 236 g/mol. The first-order valence-electron chi connectivity index (χ1n) is 6.76. The Labute approximate surface area is 104 Å². The number of aryl methyl sites for hydroxylation is 2. The molecule has 0 saturated carbocycles. The number of hydrogen-bond donors (Lipinski definition) is 3. The van der Waals surface area contributed by atoms with Crippen molar-refractivity contribution in [2.24, 2.45) is 5.92 Å². The van der Waals surface area contributed by atoms with E-state index >= 15 is 0 Å². The predicted octanol–water partition coefficient (Wildman–Crippen LogP) is 1.24. The summed E-state index contributed by atoms with van der Waals surface area (Å²) in [5.74, 6) is 0.833. The molecule has 0 spiro atoms. The summed E-state index contributed by atoms with van der Waals surface area (Å²) in [6.45, 7) is 6.76. The number of aromatic amines is 1. The van der Waals surface area contributed by atoms with Gasteiger partial charge in [-0.25, -0.2) is 0 Å². The Bertz CT molecular complexity index is 315. The fourth-order valence-corrected chi connectivity index (χ4v) is 2.44. The van der Waals surface area contributed by atoms with Crippen molar-refractivity contribution in [3.05, 3.63) is 17.5 Å². The maximum atomic E-state index is 4.04. The third-order valence-electron chi connectivity index (χ3n) is 3.57. The molecule has 4 nitrogen and oxygen atoms in total. The number of nitrogens with one attached hydrogen (secondary N) is 3. The Morgan fingerprint density at radius 2 is 2.47 bits per heavy atom. The van der Waals surface area contributed by atoms with Gasteiger partial charge in [-0.3, -0.25) is 5.10 Å². The van der Waals surface area contributed by atoms with Crippen molar-refractivity contribution in [2.45, 2.75) is 32.6 Å². The zero-order valence-corrected chi connectivity index (χ0v) is 10.8. The predicted molar refractivity (Wildman–Crippen MR) is 70.1 cm³/mol. The summed E-state index contributed by atoms with van der Waals surface area (Å²) in [5, 5.41) is 14.0. The van der Waals surface area contributed by atoms with Crippen molar-refractivity contribution in [3.63, 3.8) is 0 Å². The minimum Gasteiger partial charge on any atom is -0.316 e. The molecule has 96 valence electrons. The molecule has 0 amide bonds. The molecule has 1 aliphatic heterocycles. The summed E-state index contributed by atoms with van der Waals surface area (Å²) >= 11 is 0. The van der Waals surface area contributed by atoms with Crippen LogP contribution in [-0.4, -0.2) is 36.4 Å². The zero-order valence-electron chi connectivity index (χ0n) is 10.8. The first-order chi connectivity index (χ1) is 8.36. The molecule has 1 aliphatic rings. The highest BCUT2D eigenvalue weighted by molar-refractivity contribution is 5.14. The van der Waals surface area contributed by atoms with Gasteiger partial charge < -0.3 is 10.6 Å². The smallest absolute Gasteiger partial charge is 0.0522 e. The molecule has 2 rings (SSSR count). The molecule has 2 heterocycles. The molecule has 1 aromatic rings. The lowest BCUT2D eigenvalue weighted by atomic mass is 10.00. The second-order valence-corrected chi connectivity index (χ2v) is 5.04. The van der Waals surface area contributed by atoms with Crippen LogP contribution in [0.3, 0.4) is 0 Å². The van der Waals surface area contributed by atoms with Gasteiger partial charge in [0.05, 0.1) is 6.20 Å². The van der Waals surface area contributed by atoms with Crippen molar-refractivity contribution >= 4 is 0 Å². The number of hydrogen-bond acceptors (Lipinski definition) is 3. The molecule has 1 fully saturated rings. The minimum absolute atomic E-state index is 0.833. The van der Waals surface area contributed by atoms with E-state index in [0.717, 1.165) is 25.4 Å². The summed E-state index contributed by atoms with van der Waals surface area (Å²) in [4.78, 5) is 0. The molecule has 0 aromatic carbocycles. The number of nitrogens with zero attached hydrogens (tertiary/aromatic N) is 1. The normalized spacial score (nSPS) is 20.6. The van der Waals surface area contributed by atoms with Gasteiger partial charge >= 0.3 is 0 Å². The number of aromatic nitrogens is 2. The van der Waals surface area contributed by atoms with Gasteiger partial charge in [0.15, 0.2) is 0 Å². The third kappa shape index (κ3) is 4.13. The van der Waals surface area contributed by atoms with Gasteiger partial charge in [-0.2, -0.15) is 5.10 Å². The molecule has 0 aliphatic carbocycles. The van der Waals surface area contributed by atoms with E-state index in [1.165, 1.54) is 43.6 Å². The van der Waals surface area contributed by atoms with Crippen LogP contribution in [0, 0.1) is 12.8 Å². The zero-order chi connectivity index (χ0) is 11.9. The average molecular weight is 236 g/mol. The molecule has 1 unspecified atom stereocenters. The standard InChI is InChI=1S/C13H24N4/c1-11-13(10-16-17-11)5-3-7-15-9-12-4-2-6-14-8-12/h10,12,14-15H,2-9H2,1H3,(H,16,17). The van der Waals surface area contributed by atoms with E-state index in [0.29, 0.717) is 0 Å². The number of piperidine rings is 1. The van der Waals surface area contributed by atoms with Gasteiger partial charge in [0.2, 0.25) is 0 Å². The molecule has 4 heteroatoms. The summed E-state index contributed by atoms with van der Waals surface area (Å²) in [5.41, 5.74) is 2.56. The lowest BCUT2D eigenvalue weighted by Crippen LogP contribution is -2.36. The Hall–Kier alpha value is -0.870.